The van der Waals surface area contributed by atoms with Crippen LogP contribution < -0.4 is 5.14 Å². The Labute approximate surface area is 128 Å². The van der Waals surface area contributed by atoms with Gasteiger partial charge in [0.1, 0.15) is 5.82 Å². The van der Waals surface area contributed by atoms with Crippen molar-refractivity contribution in [1.82, 2.24) is 14.9 Å². The van der Waals surface area contributed by atoms with Gasteiger partial charge in [-0.1, -0.05) is 12.1 Å². The van der Waals surface area contributed by atoms with E-state index >= 15 is 0 Å². The lowest BCUT2D eigenvalue weighted by Crippen LogP contribution is -2.32. The van der Waals surface area contributed by atoms with Crippen molar-refractivity contribution in [2.45, 2.75) is 12.8 Å². The Bertz CT molecular complexity index is 766. The normalized spacial score (nSPS) is 19.0. The Morgan fingerprint density at radius 3 is 2.91 bits per heavy atom. The zero-order chi connectivity index (χ0) is 15.7. The van der Waals surface area contributed by atoms with E-state index in [4.69, 9.17) is 5.14 Å². The van der Waals surface area contributed by atoms with Crippen LogP contribution in [0.15, 0.2) is 24.3 Å². The number of aromatic amines is 1. The highest BCUT2D eigenvalue weighted by atomic mass is 32.2. The summed E-state index contributed by atoms with van der Waals surface area (Å²) in [5, 5.41) is 5.06. The Kier molecular flexibility index (Phi) is 3.88. The lowest BCUT2D eigenvalue weighted by atomic mass is 10.2. The summed E-state index contributed by atoms with van der Waals surface area (Å²) in [5.74, 6) is 0.438. The molecule has 1 aliphatic rings. The Morgan fingerprint density at radius 2 is 2.18 bits per heavy atom. The molecule has 2 heterocycles. The summed E-state index contributed by atoms with van der Waals surface area (Å²) < 4.78 is 22.2. The van der Waals surface area contributed by atoms with Gasteiger partial charge in [0, 0.05) is 13.1 Å². The van der Waals surface area contributed by atoms with Gasteiger partial charge in [0.05, 0.1) is 23.2 Å². The van der Waals surface area contributed by atoms with Gasteiger partial charge in [-0.2, -0.15) is 0 Å². The number of para-hydroxylation sites is 2. The molecule has 3 rings (SSSR count). The minimum Gasteiger partial charge on any atom is -0.342 e. The van der Waals surface area contributed by atoms with Crippen molar-refractivity contribution in [2.75, 3.05) is 18.8 Å². The van der Waals surface area contributed by atoms with Gasteiger partial charge in [-0.25, -0.2) is 18.5 Å². The molecule has 1 aliphatic heterocycles. The number of fused-ring (bicyclic) bond motifs is 1. The van der Waals surface area contributed by atoms with Crippen molar-refractivity contribution < 1.29 is 13.2 Å². The van der Waals surface area contributed by atoms with E-state index < -0.39 is 10.0 Å². The number of imidazole rings is 1. The summed E-state index contributed by atoms with van der Waals surface area (Å²) >= 11 is 0. The minimum absolute atomic E-state index is 0.0454. The van der Waals surface area contributed by atoms with Crippen molar-refractivity contribution in [3.63, 3.8) is 0 Å². The second-order valence-corrected chi connectivity index (χ2v) is 7.36. The van der Waals surface area contributed by atoms with Crippen LogP contribution in [0.4, 0.5) is 0 Å². The summed E-state index contributed by atoms with van der Waals surface area (Å²) in [6, 6.07) is 7.60. The quantitative estimate of drug-likeness (QED) is 0.840. The van der Waals surface area contributed by atoms with Crippen LogP contribution in [0.25, 0.3) is 11.0 Å². The SMILES string of the molecule is NS(=O)(=O)C[C@H]1CCN(C(=O)Cc2nc3ccccc3[nH]2)C1. The highest BCUT2D eigenvalue weighted by Crippen LogP contribution is 2.19. The average molecular weight is 322 g/mol. The first-order valence-corrected chi connectivity index (χ1v) is 8.84. The van der Waals surface area contributed by atoms with Gasteiger partial charge in [0.25, 0.3) is 0 Å². The summed E-state index contributed by atoms with van der Waals surface area (Å²) in [6.07, 6.45) is 0.860. The molecule has 1 saturated heterocycles. The smallest absolute Gasteiger partial charge is 0.230 e. The maximum Gasteiger partial charge on any atom is 0.230 e. The number of hydrogen-bond acceptors (Lipinski definition) is 4. The molecule has 1 atom stereocenters. The summed E-state index contributed by atoms with van der Waals surface area (Å²) in [6.45, 7) is 1.01. The Morgan fingerprint density at radius 1 is 1.41 bits per heavy atom. The summed E-state index contributed by atoms with van der Waals surface area (Å²) in [4.78, 5) is 21.5. The zero-order valence-electron chi connectivity index (χ0n) is 12.0. The standard InChI is InChI=1S/C14H18N4O3S/c15-22(20,21)9-10-5-6-18(8-10)14(19)7-13-16-11-3-1-2-4-12(11)17-13/h1-4,10H,5-9H2,(H,16,17)(H2,15,20,21)/t10-/m0/s1. The lowest BCUT2D eigenvalue weighted by Gasteiger charge is -2.15. The second kappa shape index (κ2) is 5.69. The van der Waals surface area contributed by atoms with E-state index in [1.54, 1.807) is 4.90 Å². The fraction of sp³-hybridized carbons (Fsp3) is 0.429. The number of likely N-dealkylation sites (tertiary alicyclic amines) is 1. The summed E-state index contributed by atoms with van der Waals surface area (Å²) in [7, 11) is -3.49. The molecule has 8 heteroatoms. The number of H-pyrrole nitrogens is 1. The molecular formula is C14H18N4O3S. The number of amides is 1. The van der Waals surface area contributed by atoms with Gasteiger partial charge in [-0.3, -0.25) is 4.79 Å². The zero-order valence-corrected chi connectivity index (χ0v) is 12.8. The Hall–Kier alpha value is -1.93. The number of nitrogens with two attached hydrogens (primary N) is 1. The number of hydrogen-bond donors (Lipinski definition) is 2. The molecule has 1 fully saturated rings. The van der Waals surface area contributed by atoms with Crippen LogP contribution in [0.2, 0.25) is 0 Å². The number of benzene rings is 1. The Balaban J connectivity index is 1.63. The molecular weight excluding hydrogens is 304 g/mol. The number of nitrogens with zero attached hydrogens (tertiary/aromatic N) is 2. The van der Waals surface area contributed by atoms with E-state index in [9.17, 15) is 13.2 Å². The summed E-state index contributed by atoms with van der Waals surface area (Å²) in [5.41, 5.74) is 1.73. The number of aromatic nitrogens is 2. The first-order valence-electron chi connectivity index (χ1n) is 7.12. The fourth-order valence-corrected chi connectivity index (χ4v) is 3.80. The molecule has 118 valence electrons. The minimum atomic E-state index is -3.49. The van der Waals surface area contributed by atoms with Gasteiger partial charge in [0.15, 0.2) is 0 Å². The van der Waals surface area contributed by atoms with E-state index in [1.807, 2.05) is 24.3 Å². The highest BCUT2D eigenvalue weighted by molar-refractivity contribution is 7.89. The number of nitrogens with one attached hydrogen (secondary N) is 1. The number of carbonyl (C=O) groups is 1. The first kappa shape index (κ1) is 15.0. The highest BCUT2D eigenvalue weighted by Gasteiger charge is 2.29. The molecule has 3 N–H and O–H groups in total. The molecule has 0 spiro atoms. The predicted octanol–water partition coefficient (Wildman–Crippen LogP) is 0.242. The molecule has 0 unspecified atom stereocenters. The third-order valence-corrected chi connectivity index (χ3v) is 4.80. The van der Waals surface area contributed by atoms with Crippen LogP contribution in [0.3, 0.4) is 0 Å². The molecule has 1 aromatic heterocycles. The number of primary sulfonamides is 1. The molecule has 0 saturated carbocycles. The van der Waals surface area contributed by atoms with Gasteiger partial charge in [0.2, 0.25) is 15.9 Å². The molecule has 0 radical (unpaired) electrons. The molecule has 2 aromatic rings. The average Bonchev–Trinajstić information content (AvgIpc) is 3.02. The van der Waals surface area contributed by atoms with E-state index in [1.165, 1.54) is 0 Å². The van der Waals surface area contributed by atoms with Crippen molar-refractivity contribution in [3.8, 4) is 0 Å². The maximum atomic E-state index is 12.3. The van der Waals surface area contributed by atoms with Crippen LogP contribution in [0.5, 0.6) is 0 Å². The van der Waals surface area contributed by atoms with Crippen LogP contribution >= 0.6 is 0 Å². The van der Waals surface area contributed by atoms with Gasteiger partial charge in [-0.15, -0.1) is 0 Å². The van der Waals surface area contributed by atoms with Crippen molar-refractivity contribution >= 4 is 27.0 Å². The third kappa shape index (κ3) is 3.45. The van der Waals surface area contributed by atoms with Crippen LogP contribution in [0.1, 0.15) is 12.2 Å². The fourth-order valence-electron chi connectivity index (χ4n) is 2.87. The van der Waals surface area contributed by atoms with Crippen molar-refractivity contribution in [2.24, 2.45) is 11.1 Å². The van der Waals surface area contributed by atoms with Crippen LogP contribution in [-0.2, 0) is 21.2 Å². The number of rotatable bonds is 4. The van der Waals surface area contributed by atoms with Gasteiger partial charge in [-0.05, 0) is 24.5 Å². The van der Waals surface area contributed by atoms with E-state index in [2.05, 4.69) is 9.97 Å². The lowest BCUT2D eigenvalue weighted by molar-refractivity contribution is -0.129. The van der Waals surface area contributed by atoms with E-state index in [-0.39, 0.29) is 24.0 Å². The maximum absolute atomic E-state index is 12.3. The molecule has 7 nitrogen and oxygen atoms in total. The van der Waals surface area contributed by atoms with Crippen LogP contribution in [0, 0.1) is 5.92 Å². The number of carbonyl (C=O) groups excluding carboxylic acids is 1. The van der Waals surface area contributed by atoms with Gasteiger partial charge < -0.3 is 9.88 Å². The van der Waals surface area contributed by atoms with Crippen LogP contribution in [-0.4, -0.2) is 48.0 Å². The number of sulfonamides is 1. The first-order chi connectivity index (χ1) is 10.4. The molecule has 1 amide bonds. The van der Waals surface area contributed by atoms with Gasteiger partial charge >= 0.3 is 0 Å². The second-order valence-electron chi connectivity index (χ2n) is 5.70. The van der Waals surface area contributed by atoms with E-state index in [0.717, 1.165) is 11.0 Å². The van der Waals surface area contributed by atoms with Crippen molar-refractivity contribution in [3.05, 3.63) is 30.1 Å². The third-order valence-electron chi connectivity index (χ3n) is 3.86. The van der Waals surface area contributed by atoms with Crippen molar-refractivity contribution in [1.29, 1.82) is 0 Å². The molecule has 0 bridgehead atoms. The largest absolute Gasteiger partial charge is 0.342 e. The molecule has 0 aliphatic carbocycles. The predicted molar refractivity (Wildman–Crippen MR) is 82.5 cm³/mol. The molecule has 1 aromatic carbocycles. The molecule has 22 heavy (non-hydrogen) atoms. The monoisotopic (exact) mass is 322 g/mol. The van der Waals surface area contributed by atoms with E-state index in [0.29, 0.717) is 25.3 Å². The topological polar surface area (TPSA) is 109 Å².